The van der Waals surface area contributed by atoms with Gasteiger partial charge in [0.15, 0.2) is 11.0 Å². The molecule has 1 heterocycles. The van der Waals surface area contributed by atoms with E-state index in [1.807, 2.05) is 60.1 Å². The first-order valence-electron chi connectivity index (χ1n) is 9.60. The van der Waals surface area contributed by atoms with Crippen LogP contribution >= 0.6 is 23.4 Å². The molecule has 1 aromatic heterocycles. The summed E-state index contributed by atoms with van der Waals surface area (Å²) in [6.07, 6.45) is 0. The summed E-state index contributed by atoms with van der Waals surface area (Å²) in [5, 5.41) is 13.0. The van der Waals surface area contributed by atoms with Gasteiger partial charge in [0.2, 0.25) is 5.91 Å². The predicted molar refractivity (Wildman–Crippen MR) is 121 cm³/mol. The molecule has 0 aliphatic carbocycles. The molecular weight excluding hydrogens is 420 g/mol. The lowest BCUT2D eigenvalue weighted by Gasteiger charge is -2.23. The van der Waals surface area contributed by atoms with E-state index in [0.29, 0.717) is 10.2 Å². The highest BCUT2D eigenvalue weighted by molar-refractivity contribution is 7.99. The first kappa shape index (κ1) is 22.2. The fourth-order valence-corrected chi connectivity index (χ4v) is 3.93. The number of nitrogens with one attached hydrogen (secondary N) is 1. The van der Waals surface area contributed by atoms with Crippen molar-refractivity contribution in [2.24, 2.45) is 13.0 Å². The second-order valence-electron chi connectivity index (χ2n) is 7.22. The molecule has 1 N–H and O–H groups in total. The summed E-state index contributed by atoms with van der Waals surface area (Å²) in [6.45, 7) is 4.17. The van der Waals surface area contributed by atoms with Crippen LogP contribution in [0.5, 0.6) is 5.75 Å². The van der Waals surface area contributed by atoms with Crippen LogP contribution in [0.4, 0.5) is 0 Å². The van der Waals surface area contributed by atoms with Gasteiger partial charge in [0, 0.05) is 17.6 Å². The summed E-state index contributed by atoms with van der Waals surface area (Å²) >= 11 is 7.31. The third kappa shape index (κ3) is 5.34. The van der Waals surface area contributed by atoms with Crippen LogP contribution in [0.2, 0.25) is 5.02 Å². The van der Waals surface area contributed by atoms with Crippen molar-refractivity contribution in [1.29, 1.82) is 0 Å². The van der Waals surface area contributed by atoms with Crippen molar-refractivity contribution in [3.05, 3.63) is 59.1 Å². The van der Waals surface area contributed by atoms with E-state index in [-0.39, 0.29) is 23.6 Å². The number of methoxy groups -OCH3 is 1. The predicted octanol–water partition coefficient (Wildman–Crippen LogP) is 4.75. The maximum absolute atomic E-state index is 12.6. The maximum atomic E-state index is 12.6. The number of hydrogen-bond acceptors (Lipinski definition) is 5. The van der Waals surface area contributed by atoms with Crippen molar-refractivity contribution >= 4 is 29.3 Å². The Balaban J connectivity index is 1.63. The van der Waals surface area contributed by atoms with Crippen molar-refractivity contribution in [2.45, 2.75) is 25.0 Å². The maximum Gasteiger partial charge on any atom is 0.230 e. The molecule has 0 fully saturated rings. The van der Waals surface area contributed by atoms with Gasteiger partial charge in [-0.1, -0.05) is 49.3 Å². The smallest absolute Gasteiger partial charge is 0.230 e. The van der Waals surface area contributed by atoms with Gasteiger partial charge in [0.25, 0.3) is 0 Å². The highest BCUT2D eigenvalue weighted by Crippen LogP contribution is 2.26. The summed E-state index contributed by atoms with van der Waals surface area (Å²) in [5.74, 6) is 1.98. The Hall–Kier alpha value is -2.51. The van der Waals surface area contributed by atoms with Crippen LogP contribution in [0.1, 0.15) is 25.5 Å². The zero-order chi connectivity index (χ0) is 21.7. The Morgan fingerprint density at radius 2 is 1.80 bits per heavy atom. The number of thioether (sulfide) groups is 1. The third-order valence-corrected chi connectivity index (χ3v) is 6.00. The molecule has 8 heteroatoms. The number of benzene rings is 2. The lowest BCUT2D eigenvalue weighted by molar-refractivity contribution is -0.119. The lowest BCUT2D eigenvalue weighted by atomic mass is 9.96. The molecule has 0 saturated heterocycles. The zero-order valence-electron chi connectivity index (χ0n) is 17.4. The molecule has 3 rings (SSSR count). The molecule has 30 heavy (non-hydrogen) atoms. The number of aromatic nitrogens is 3. The van der Waals surface area contributed by atoms with Crippen LogP contribution in [-0.2, 0) is 11.8 Å². The molecule has 158 valence electrons. The Labute approximate surface area is 186 Å². The van der Waals surface area contributed by atoms with Crippen LogP contribution < -0.4 is 10.1 Å². The van der Waals surface area contributed by atoms with Gasteiger partial charge in [-0.2, -0.15) is 0 Å². The van der Waals surface area contributed by atoms with Gasteiger partial charge in [-0.05, 0) is 47.9 Å². The SMILES string of the molecule is COc1ccc(C(NC(=O)CSc2nnc(-c3ccc(Cl)cc3)n2C)C(C)C)cc1. The minimum Gasteiger partial charge on any atom is -0.497 e. The second-order valence-corrected chi connectivity index (χ2v) is 8.60. The van der Waals surface area contributed by atoms with E-state index < -0.39 is 0 Å². The average Bonchev–Trinajstić information content (AvgIpc) is 3.11. The van der Waals surface area contributed by atoms with Crippen molar-refractivity contribution in [1.82, 2.24) is 20.1 Å². The third-order valence-electron chi connectivity index (χ3n) is 4.73. The summed E-state index contributed by atoms with van der Waals surface area (Å²) in [6, 6.07) is 15.1. The van der Waals surface area contributed by atoms with Gasteiger partial charge < -0.3 is 14.6 Å². The van der Waals surface area contributed by atoms with E-state index in [9.17, 15) is 4.79 Å². The standard InChI is InChI=1S/C22H25ClN4O2S/c1-14(2)20(15-7-11-18(29-4)12-8-15)24-19(28)13-30-22-26-25-21(27(22)3)16-5-9-17(23)10-6-16/h5-12,14,20H,13H2,1-4H3,(H,24,28). The van der Waals surface area contributed by atoms with Gasteiger partial charge in [0.1, 0.15) is 5.75 Å². The molecule has 0 aliphatic rings. The molecule has 1 atom stereocenters. The number of rotatable bonds is 8. The van der Waals surface area contributed by atoms with E-state index >= 15 is 0 Å². The van der Waals surface area contributed by atoms with Gasteiger partial charge >= 0.3 is 0 Å². The molecule has 0 spiro atoms. The van der Waals surface area contributed by atoms with Crippen LogP contribution in [-0.4, -0.2) is 33.5 Å². The molecular formula is C22H25ClN4O2S. The highest BCUT2D eigenvalue weighted by Gasteiger charge is 2.19. The summed E-state index contributed by atoms with van der Waals surface area (Å²) < 4.78 is 7.10. The number of nitrogens with zero attached hydrogens (tertiary/aromatic N) is 3. The Morgan fingerprint density at radius 3 is 2.40 bits per heavy atom. The first-order valence-corrected chi connectivity index (χ1v) is 11.0. The van der Waals surface area contributed by atoms with Crippen LogP contribution in [0.25, 0.3) is 11.4 Å². The van der Waals surface area contributed by atoms with Crippen LogP contribution in [0, 0.1) is 5.92 Å². The number of hydrogen-bond donors (Lipinski definition) is 1. The number of ether oxygens (including phenoxy) is 1. The Bertz CT molecular complexity index is 987. The average molecular weight is 445 g/mol. The lowest BCUT2D eigenvalue weighted by Crippen LogP contribution is -2.33. The molecule has 1 amide bonds. The van der Waals surface area contributed by atoms with Crippen LogP contribution in [0.3, 0.4) is 0 Å². The van der Waals surface area contributed by atoms with Gasteiger partial charge in [-0.25, -0.2) is 0 Å². The number of carbonyl (C=O) groups is 1. The van der Waals surface area contributed by atoms with Gasteiger partial charge in [-0.3, -0.25) is 4.79 Å². The van der Waals surface area contributed by atoms with E-state index in [1.165, 1.54) is 11.8 Å². The molecule has 0 bridgehead atoms. The van der Waals surface area contributed by atoms with Gasteiger partial charge in [0.05, 0.1) is 18.9 Å². The molecule has 0 aliphatic heterocycles. The first-order chi connectivity index (χ1) is 14.4. The number of amides is 1. The number of carbonyl (C=O) groups excluding carboxylic acids is 1. The fraction of sp³-hybridized carbons (Fsp3) is 0.318. The summed E-state index contributed by atoms with van der Waals surface area (Å²) in [5.41, 5.74) is 1.97. The summed E-state index contributed by atoms with van der Waals surface area (Å²) in [4.78, 5) is 12.6. The molecule has 2 aromatic carbocycles. The largest absolute Gasteiger partial charge is 0.497 e. The van der Waals surface area contributed by atoms with E-state index in [1.54, 1.807) is 7.11 Å². The molecule has 0 saturated carbocycles. The fourth-order valence-electron chi connectivity index (χ4n) is 3.08. The second kappa shape index (κ2) is 10.00. The topological polar surface area (TPSA) is 69.0 Å². The normalized spacial score (nSPS) is 12.1. The van der Waals surface area contributed by atoms with Crippen molar-refractivity contribution in [2.75, 3.05) is 12.9 Å². The van der Waals surface area contributed by atoms with Crippen molar-refractivity contribution < 1.29 is 9.53 Å². The van der Waals surface area contributed by atoms with Crippen molar-refractivity contribution in [3.8, 4) is 17.1 Å². The van der Waals surface area contributed by atoms with Gasteiger partial charge in [-0.15, -0.1) is 10.2 Å². The van der Waals surface area contributed by atoms with E-state index in [2.05, 4.69) is 29.4 Å². The monoisotopic (exact) mass is 444 g/mol. The molecule has 1 unspecified atom stereocenters. The van der Waals surface area contributed by atoms with Crippen LogP contribution in [0.15, 0.2) is 53.7 Å². The molecule has 3 aromatic rings. The molecule has 0 radical (unpaired) electrons. The Morgan fingerprint density at radius 1 is 1.13 bits per heavy atom. The number of halogens is 1. The minimum absolute atomic E-state index is 0.0504. The van der Waals surface area contributed by atoms with E-state index in [4.69, 9.17) is 16.3 Å². The zero-order valence-corrected chi connectivity index (χ0v) is 19.0. The summed E-state index contributed by atoms with van der Waals surface area (Å²) in [7, 11) is 3.53. The minimum atomic E-state index is -0.0758. The van der Waals surface area contributed by atoms with E-state index in [0.717, 1.165) is 22.7 Å². The molecule has 6 nitrogen and oxygen atoms in total. The Kier molecular flexibility index (Phi) is 7.39. The van der Waals surface area contributed by atoms with Crippen molar-refractivity contribution in [3.63, 3.8) is 0 Å². The highest BCUT2D eigenvalue weighted by atomic mass is 35.5. The quantitative estimate of drug-likeness (QED) is 0.508.